The van der Waals surface area contributed by atoms with Gasteiger partial charge in [0.25, 0.3) is 0 Å². The zero-order valence-electron chi connectivity index (χ0n) is 7.77. The Kier molecular flexibility index (Phi) is 1.77. The quantitative estimate of drug-likeness (QED) is 0.698. The molecular weight excluding hydrogens is 190 g/mol. The van der Waals surface area contributed by atoms with Gasteiger partial charge in [-0.3, -0.25) is 4.98 Å². The van der Waals surface area contributed by atoms with E-state index in [1.54, 1.807) is 0 Å². The first kappa shape index (κ1) is 8.30. The lowest BCUT2D eigenvalue weighted by Gasteiger charge is -2.02. The van der Waals surface area contributed by atoms with E-state index in [1.165, 1.54) is 18.4 Å². The van der Waals surface area contributed by atoms with E-state index < -0.39 is 0 Å². The molecule has 1 nitrogen and oxygen atoms in total. The fraction of sp³-hybridized carbons (Fsp3) is 0.250. The Morgan fingerprint density at radius 1 is 1.21 bits per heavy atom. The van der Waals surface area contributed by atoms with Crippen molar-refractivity contribution in [3.8, 4) is 0 Å². The minimum Gasteiger partial charge on any atom is -0.256 e. The van der Waals surface area contributed by atoms with Crippen molar-refractivity contribution < 1.29 is 0 Å². The summed E-state index contributed by atoms with van der Waals surface area (Å²) in [6.45, 7) is 0. The van der Waals surface area contributed by atoms with Crippen molar-refractivity contribution in [2.45, 2.75) is 23.7 Å². The van der Waals surface area contributed by atoms with Crippen LogP contribution in [-0.2, 0) is 0 Å². The maximum atomic E-state index is 4.41. The van der Waals surface area contributed by atoms with Crippen LogP contribution in [0.3, 0.4) is 0 Å². The predicted octanol–water partition coefficient (Wildman–Crippen LogP) is 3.40. The zero-order chi connectivity index (χ0) is 9.54. The van der Waals surface area contributed by atoms with Crippen molar-refractivity contribution in [1.29, 1.82) is 0 Å². The minimum atomic E-state index is 0.796. The molecular formula is C12H11NS. The monoisotopic (exact) mass is 201 g/mol. The Hall–Kier alpha value is -1.02. The van der Waals surface area contributed by atoms with Gasteiger partial charge in [0.05, 0.1) is 5.52 Å². The van der Waals surface area contributed by atoms with Crippen LogP contribution in [0.15, 0.2) is 35.4 Å². The maximum absolute atomic E-state index is 4.41. The molecule has 1 heterocycles. The van der Waals surface area contributed by atoms with Crippen molar-refractivity contribution in [2.24, 2.45) is 0 Å². The predicted molar refractivity (Wildman–Crippen MR) is 61.0 cm³/mol. The third kappa shape index (κ3) is 1.30. The highest BCUT2D eigenvalue weighted by atomic mass is 32.1. The van der Waals surface area contributed by atoms with Gasteiger partial charge in [0.2, 0.25) is 0 Å². The summed E-state index contributed by atoms with van der Waals surface area (Å²) < 4.78 is 0. The molecule has 70 valence electrons. The number of thiol groups is 1. The Bertz CT molecular complexity index is 489. The highest BCUT2D eigenvalue weighted by Gasteiger charge is 2.23. The van der Waals surface area contributed by atoms with E-state index in [4.69, 9.17) is 0 Å². The highest BCUT2D eigenvalue weighted by molar-refractivity contribution is 7.80. The smallest absolute Gasteiger partial charge is 0.0715 e. The molecule has 0 unspecified atom stereocenters. The van der Waals surface area contributed by atoms with Crippen LogP contribution < -0.4 is 0 Å². The van der Waals surface area contributed by atoms with Crippen LogP contribution >= 0.6 is 12.6 Å². The van der Waals surface area contributed by atoms with Gasteiger partial charge in [-0.05, 0) is 36.5 Å². The van der Waals surface area contributed by atoms with E-state index in [1.807, 2.05) is 12.3 Å². The van der Waals surface area contributed by atoms with Gasteiger partial charge >= 0.3 is 0 Å². The summed E-state index contributed by atoms with van der Waals surface area (Å²) in [4.78, 5) is 5.38. The first-order valence-corrected chi connectivity index (χ1v) is 5.37. The van der Waals surface area contributed by atoms with E-state index >= 15 is 0 Å². The van der Waals surface area contributed by atoms with Crippen LogP contribution in [0.25, 0.3) is 10.9 Å². The summed E-state index contributed by atoms with van der Waals surface area (Å²) in [6, 6.07) is 8.48. The molecule has 0 amide bonds. The number of fused-ring (bicyclic) bond motifs is 1. The van der Waals surface area contributed by atoms with Crippen LogP contribution in [0.1, 0.15) is 24.3 Å². The number of hydrogen-bond acceptors (Lipinski definition) is 2. The minimum absolute atomic E-state index is 0.796. The van der Waals surface area contributed by atoms with Gasteiger partial charge < -0.3 is 0 Å². The first-order valence-electron chi connectivity index (χ1n) is 4.92. The lowest BCUT2D eigenvalue weighted by atomic mass is 10.1. The summed E-state index contributed by atoms with van der Waals surface area (Å²) in [5.74, 6) is 0.796. The number of hydrogen-bond donors (Lipinski definition) is 1. The number of benzene rings is 1. The largest absolute Gasteiger partial charge is 0.256 e. The lowest BCUT2D eigenvalue weighted by Crippen LogP contribution is -1.83. The highest BCUT2D eigenvalue weighted by Crippen LogP contribution is 2.40. The third-order valence-corrected chi connectivity index (χ3v) is 3.18. The SMILES string of the molecule is Sc1ccnc2cc(C3CC3)ccc12. The van der Waals surface area contributed by atoms with Gasteiger partial charge in [-0.1, -0.05) is 12.1 Å². The summed E-state index contributed by atoms with van der Waals surface area (Å²) >= 11 is 4.41. The molecule has 1 fully saturated rings. The summed E-state index contributed by atoms with van der Waals surface area (Å²) in [6.07, 6.45) is 4.50. The number of pyridine rings is 1. The number of nitrogens with zero attached hydrogens (tertiary/aromatic N) is 1. The molecule has 0 aliphatic heterocycles. The van der Waals surface area contributed by atoms with Crippen LogP contribution in [0.2, 0.25) is 0 Å². The van der Waals surface area contributed by atoms with Crippen molar-refractivity contribution in [3.63, 3.8) is 0 Å². The molecule has 0 saturated heterocycles. The molecule has 0 radical (unpaired) electrons. The molecule has 3 rings (SSSR count). The molecule has 1 aromatic heterocycles. The Balaban J connectivity index is 2.23. The third-order valence-electron chi connectivity index (χ3n) is 2.79. The molecule has 0 N–H and O–H groups in total. The van der Waals surface area contributed by atoms with Crippen molar-refractivity contribution >= 4 is 23.5 Å². The maximum Gasteiger partial charge on any atom is 0.0715 e. The lowest BCUT2D eigenvalue weighted by molar-refractivity contribution is 1.13. The van der Waals surface area contributed by atoms with Crippen molar-refractivity contribution in [1.82, 2.24) is 4.98 Å². The standard InChI is InChI=1S/C12H11NS/c14-12-5-6-13-11-7-9(8-1-2-8)3-4-10(11)12/h3-8H,1-2H2,(H,13,14). The summed E-state index contributed by atoms with van der Waals surface area (Å²) in [5.41, 5.74) is 2.51. The molecule has 1 aliphatic carbocycles. The molecule has 1 aromatic carbocycles. The second kappa shape index (κ2) is 2.99. The van der Waals surface area contributed by atoms with Crippen molar-refractivity contribution in [2.75, 3.05) is 0 Å². The van der Waals surface area contributed by atoms with Gasteiger partial charge in [-0.25, -0.2) is 0 Å². The van der Waals surface area contributed by atoms with Gasteiger partial charge in [-0.15, -0.1) is 12.6 Å². The van der Waals surface area contributed by atoms with Crippen LogP contribution in [-0.4, -0.2) is 4.98 Å². The molecule has 1 aliphatic rings. The van der Waals surface area contributed by atoms with Crippen LogP contribution in [0.5, 0.6) is 0 Å². The topological polar surface area (TPSA) is 12.9 Å². The van der Waals surface area contributed by atoms with Crippen LogP contribution in [0, 0.1) is 0 Å². The van der Waals surface area contributed by atoms with E-state index in [9.17, 15) is 0 Å². The Labute approximate surface area is 88.6 Å². The van der Waals surface area contributed by atoms with E-state index in [-0.39, 0.29) is 0 Å². The normalized spacial score (nSPS) is 16.1. The molecule has 0 spiro atoms. The zero-order valence-corrected chi connectivity index (χ0v) is 8.67. The molecule has 2 heteroatoms. The molecule has 1 saturated carbocycles. The van der Waals surface area contributed by atoms with E-state index in [0.29, 0.717) is 0 Å². The summed E-state index contributed by atoms with van der Waals surface area (Å²) in [5, 5.41) is 1.15. The van der Waals surface area contributed by atoms with Crippen LogP contribution in [0.4, 0.5) is 0 Å². The fourth-order valence-electron chi connectivity index (χ4n) is 1.82. The average Bonchev–Trinajstić information content (AvgIpc) is 3.01. The number of rotatable bonds is 1. The molecule has 0 atom stereocenters. The Morgan fingerprint density at radius 3 is 2.86 bits per heavy atom. The van der Waals surface area contributed by atoms with E-state index in [2.05, 4.69) is 35.8 Å². The van der Waals surface area contributed by atoms with Gasteiger partial charge in [-0.2, -0.15) is 0 Å². The Morgan fingerprint density at radius 2 is 2.07 bits per heavy atom. The second-order valence-electron chi connectivity index (χ2n) is 3.88. The van der Waals surface area contributed by atoms with Gasteiger partial charge in [0.1, 0.15) is 0 Å². The number of aromatic nitrogens is 1. The fourth-order valence-corrected chi connectivity index (χ4v) is 2.08. The second-order valence-corrected chi connectivity index (χ2v) is 4.36. The average molecular weight is 201 g/mol. The van der Waals surface area contributed by atoms with Gasteiger partial charge in [0, 0.05) is 16.5 Å². The van der Waals surface area contributed by atoms with E-state index in [0.717, 1.165) is 21.7 Å². The van der Waals surface area contributed by atoms with Crippen molar-refractivity contribution in [3.05, 3.63) is 36.0 Å². The van der Waals surface area contributed by atoms with Gasteiger partial charge in [0.15, 0.2) is 0 Å². The molecule has 2 aromatic rings. The molecule has 14 heavy (non-hydrogen) atoms. The summed E-state index contributed by atoms with van der Waals surface area (Å²) in [7, 11) is 0. The molecule has 0 bridgehead atoms. The first-order chi connectivity index (χ1) is 6.84.